The number of nitrogens with one attached hydrogen (secondary N) is 1. The van der Waals surface area contributed by atoms with E-state index in [1.807, 2.05) is 29.8 Å². The van der Waals surface area contributed by atoms with Crippen LogP contribution in [0.4, 0.5) is 0 Å². The number of hydrogen-bond acceptors (Lipinski definition) is 2. The maximum atomic E-state index is 12.0. The molecule has 0 aromatic carbocycles. The Morgan fingerprint density at radius 3 is 2.81 bits per heavy atom. The zero-order valence-electron chi connectivity index (χ0n) is 10.5. The molecule has 16 heavy (non-hydrogen) atoms. The van der Waals surface area contributed by atoms with E-state index in [1.54, 1.807) is 0 Å². The van der Waals surface area contributed by atoms with Crippen molar-refractivity contribution in [3.63, 3.8) is 0 Å². The van der Waals surface area contributed by atoms with Gasteiger partial charge in [-0.2, -0.15) is 0 Å². The number of aryl methyl sites for hydroxylation is 1. The van der Waals surface area contributed by atoms with E-state index in [0.29, 0.717) is 12.5 Å². The minimum Gasteiger partial charge on any atom is -0.315 e. The van der Waals surface area contributed by atoms with E-state index in [-0.39, 0.29) is 5.56 Å². The molecular weight excluding hydrogens is 200 g/mol. The summed E-state index contributed by atoms with van der Waals surface area (Å²) in [4.78, 5) is 12.0. The average Bonchev–Trinajstić information content (AvgIpc) is 2.26. The summed E-state index contributed by atoms with van der Waals surface area (Å²) >= 11 is 0. The lowest BCUT2D eigenvalue weighted by molar-refractivity contribution is 0.505. The average molecular weight is 222 g/mol. The van der Waals surface area contributed by atoms with Crippen molar-refractivity contribution in [1.82, 2.24) is 9.88 Å². The third-order valence-electron chi connectivity index (χ3n) is 2.61. The van der Waals surface area contributed by atoms with Gasteiger partial charge in [0.25, 0.3) is 5.56 Å². The number of rotatable bonds is 6. The van der Waals surface area contributed by atoms with Gasteiger partial charge in [0.15, 0.2) is 0 Å². The van der Waals surface area contributed by atoms with Crippen molar-refractivity contribution >= 4 is 0 Å². The van der Waals surface area contributed by atoms with Gasteiger partial charge in [0.1, 0.15) is 0 Å². The molecule has 0 radical (unpaired) electrons. The summed E-state index contributed by atoms with van der Waals surface area (Å²) in [6, 6.07) is 3.85. The topological polar surface area (TPSA) is 34.0 Å². The molecule has 1 heterocycles. The van der Waals surface area contributed by atoms with E-state index in [2.05, 4.69) is 19.2 Å². The van der Waals surface area contributed by atoms with Gasteiger partial charge in [-0.3, -0.25) is 4.79 Å². The lowest BCUT2D eigenvalue weighted by atomic mass is 10.1. The molecule has 1 rings (SSSR count). The summed E-state index contributed by atoms with van der Waals surface area (Å²) in [5.74, 6) is 0.629. The molecule has 0 fully saturated rings. The van der Waals surface area contributed by atoms with Gasteiger partial charge in [0.2, 0.25) is 0 Å². The molecule has 90 valence electrons. The number of aromatic nitrogens is 1. The van der Waals surface area contributed by atoms with Crippen LogP contribution in [0.5, 0.6) is 0 Å². The first kappa shape index (κ1) is 13.0. The van der Waals surface area contributed by atoms with Crippen LogP contribution in [0.1, 0.15) is 32.8 Å². The highest BCUT2D eigenvalue weighted by Gasteiger charge is 2.03. The zero-order valence-corrected chi connectivity index (χ0v) is 10.5. The van der Waals surface area contributed by atoms with Gasteiger partial charge in [0, 0.05) is 24.8 Å². The summed E-state index contributed by atoms with van der Waals surface area (Å²) < 4.78 is 1.81. The van der Waals surface area contributed by atoms with Crippen molar-refractivity contribution in [3.8, 4) is 0 Å². The SMILES string of the molecule is CCNCc1cccn(CCC(C)C)c1=O. The number of nitrogens with zero attached hydrogens (tertiary/aromatic N) is 1. The smallest absolute Gasteiger partial charge is 0.255 e. The Hall–Kier alpha value is -1.09. The van der Waals surface area contributed by atoms with Crippen molar-refractivity contribution in [2.45, 2.75) is 40.3 Å². The highest BCUT2D eigenvalue weighted by Crippen LogP contribution is 2.01. The van der Waals surface area contributed by atoms with Crippen molar-refractivity contribution < 1.29 is 0 Å². The van der Waals surface area contributed by atoms with E-state index in [4.69, 9.17) is 0 Å². The van der Waals surface area contributed by atoms with Crippen LogP contribution in [-0.2, 0) is 13.1 Å². The molecule has 0 aliphatic heterocycles. The van der Waals surface area contributed by atoms with E-state index in [0.717, 1.165) is 25.1 Å². The lowest BCUT2D eigenvalue weighted by Crippen LogP contribution is -2.27. The fraction of sp³-hybridized carbons (Fsp3) is 0.615. The molecule has 0 atom stereocenters. The third-order valence-corrected chi connectivity index (χ3v) is 2.61. The molecule has 3 nitrogen and oxygen atoms in total. The van der Waals surface area contributed by atoms with E-state index >= 15 is 0 Å². The van der Waals surface area contributed by atoms with Gasteiger partial charge in [0.05, 0.1) is 0 Å². The first-order valence-electron chi connectivity index (χ1n) is 6.04. The van der Waals surface area contributed by atoms with Crippen molar-refractivity contribution in [3.05, 3.63) is 34.2 Å². The van der Waals surface area contributed by atoms with Crippen LogP contribution in [0, 0.1) is 5.92 Å². The standard InChI is InChI=1S/C13H22N2O/c1-4-14-10-12-6-5-8-15(13(12)16)9-7-11(2)3/h5-6,8,11,14H,4,7,9-10H2,1-3H3. The highest BCUT2D eigenvalue weighted by molar-refractivity contribution is 5.10. The number of pyridine rings is 1. The Kier molecular flexibility index (Phi) is 5.26. The molecule has 0 bridgehead atoms. The summed E-state index contributed by atoms with van der Waals surface area (Å²) in [5.41, 5.74) is 0.997. The first-order valence-corrected chi connectivity index (χ1v) is 6.04. The predicted octanol–water partition coefficient (Wildman–Crippen LogP) is 2.00. The second kappa shape index (κ2) is 6.48. The van der Waals surface area contributed by atoms with Crippen molar-refractivity contribution in [1.29, 1.82) is 0 Å². The molecule has 3 heteroatoms. The van der Waals surface area contributed by atoms with E-state index in [9.17, 15) is 4.79 Å². The van der Waals surface area contributed by atoms with Gasteiger partial charge in [-0.05, 0) is 24.9 Å². The molecule has 0 aliphatic carbocycles. The summed E-state index contributed by atoms with van der Waals surface area (Å²) in [5, 5.41) is 3.18. The van der Waals surface area contributed by atoms with E-state index in [1.165, 1.54) is 0 Å². The van der Waals surface area contributed by atoms with Gasteiger partial charge in [-0.1, -0.05) is 26.8 Å². The van der Waals surface area contributed by atoms with E-state index < -0.39 is 0 Å². The largest absolute Gasteiger partial charge is 0.315 e. The Bertz CT molecular complexity index is 368. The van der Waals surface area contributed by atoms with Crippen molar-refractivity contribution in [2.75, 3.05) is 6.54 Å². The molecule has 0 amide bonds. The summed E-state index contributed by atoms with van der Waals surface area (Å²) in [7, 11) is 0. The normalized spacial score (nSPS) is 11.0. The summed E-state index contributed by atoms with van der Waals surface area (Å²) in [6.07, 6.45) is 2.92. The van der Waals surface area contributed by atoms with Gasteiger partial charge in [-0.25, -0.2) is 0 Å². The summed E-state index contributed by atoms with van der Waals surface area (Å²) in [6.45, 7) is 8.76. The van der Waals surface area contributed by atoms with Crippen LogP contribution in [0.15, 0.2) is 23.1 Å². The monoisotopic (exact) mass is 222 g/mol. The Balaban J connectivity index is 2.74. The van der Waals surface area contributed by atoms with Gasteiger partial charge < -0.3 is 9.88 Å². The van der Waals surface area contributed by atoms with Gasteiger partial charge in [-0.15, -0.1) is 0 Å². The molecule has 0 aliphatic rings. The Morgan fingerprint density at radius 2 is 2.19 bits per heavy atom. The van der Waals surface area contributed by atoms with Crippen LogP contribution in [0.2, 0.25) is 0 Å². The molecule has 1 N–H and O–H groups in total. The second-order valence-electron chi connectivity index (χ2n) is 4.49. The van der Waals surface area contributed by atoms with Crippen LogP contribution in [0.25, 0.3) is 0 Å². The highest BCUT2D eigenvalue weighted by atomic mass is 16.1. The van der Waals surface area contributed by atoms with Crippen LogP contribution >= 0.6 is 0 Å². The number of hydrogen-bond donors (Lipinski definition) is 1. The van der Waals surface area contributed by atoms with Crippen LogP contribution in [-0.4, -0.2) is 11.1 Å². The minimum absolute atomic E-state index is 0.143. The quantitative estimate of drug-likeness (QED) is 0.799. The molecule has 0 saturated heterocycles. The maximum absolute atomic E-state index is 12.0. The molecule has 0 spiro atoms. The fourth-order valence-corrected chi connectivity index (χ4v) is 1.55. The van der Waals surface area contributed by atoms with Gasteiger partial charge >= 0.3 is 0 Å². The molecule has 0 saturated carbocycles. The molecule has 1 aromatic rings. The van der Waals surface area contributed by atoms with Crippen molar-refractivity contribution in [2.24, 2.45) is 5.92 Å². The Labute approximate surface area is 97.5 Å². The molecular formula is C13H22N2O. The molecule has 1 aromatic heterocycles. The van der Waals surface area contributed by atoms with Crippen LogP contribution in [0.3, 0.4) is 0 Å². The van der Waals surface area contributed by atoms with Crippen LogP contribution < -0.4 is 10.9 Å². The second-order valence-corrected chi connectivity index (χ2v) is 4.49. The predicted molar refractivity (Wildman–Crippen MR) is 67.5 cm³/mol. The molecule has 0 unspecified atom stereocenters. The minimum atomic E-state index is 0.143. The third kappa shape index (κ3) is 3.81. The Morgan fingerprint density at radius 1 is 1.44 bits per heavy atom. The first-order chi connectivity index (χ1) is 7.65. The maximum Gasteiger partial charge on any atom is 0.255 e. The lowest BCUT2D eigenvalue weighted by Gasteiger charge is -2.09. The zero-order chi connectivity index (χ0) is 12.0. The fourth-order valence-electron chi connectivity index (χ4n) is 1.55.